The molecule has 1 N–H and O–H groups in total. The van der Waals surface area contributed by atoms with Gasteiger partial charge in [-0.2, -0.15) is 0 Å². The number of aliphatic imine (C=N–C) groups is 2. The van der Waals surface area contributed by atoms with Gasteiger partial charge >= 0.3 is 0 Å². The number of benzene rings is 2. The fourth-order valence-electron chi connectivity index (χ4n) is 3.06. The summed E-state index contributed by atoms with van der Waals surface area (Å²) in [4.78, 5) is 9.19. The predicted molar refractivity (Wildman–Crippen MR) is 131 cm³/mol. The maximum Gasteiger partial charge on any atom is 0.0725 e. The minimum absolute atomic E-state index is 0.654. The molecule has 0 heterocycles. The molecule has 0 aliphatic carbocycles. The number of rotatable bonds is 8. The van der Waals surface area contributed by atoms with Crippen LogP contribution < -0.4 is 5.32 Å². The van der Waals surface area contributed by atoms with Crippen LogP contribution >= 0.6 is 8.58 Å². The van der Waals surface area contributed by atoms with Crippen molar-refractivity contribution in [2.75, 3.05) is 13.7 Å². The van der Waals surface area contributed by atoms with Crippen molar-refractivity contribution in [3.63, 3.8) is 0 Å². The summed E-state index contributed by atoms with van der Waals surface area (Å²) in [6.07, 6.45) is 4.06. The van der Waals surface area contributed by atoms with Crippen molar-refractivity contribution in [2.24, 2.45) is 9.98 Å². The zero-order valence-electron chi connectivity index (χ0n) is 18.4. The van der Waals surface area contributed by atoms with Crippen LogP contribution in [0.3, 0.4) is 0 Å². The van der Waals surface area contributed by atoms with Crippen molar-refractivity contribution in [3.05, 3.63) is 93.6 Å². The lowest BCUT2D eigenvalue weighted by Gasteiger charge is -2.11. The first-order valence-electron chi connectivity index (χ1n) is 9.87. The molecule has 0 radical (unpaired) electrons. The third-order valence-electron chi connectivity index (χ3n) is 4.63. The van der Waals surface area contributed by atoms with E-state index in [4.69, 9.17) is 4.99 Å². The smallest absolute Gasteiger partial charge is 0.0725 e. The molecule has 0 saturated carbocycles. The van der Waals surface area contributed by atoms with Crippen LogP contribution in [0.4, 0.5) is 0 Å². The van der Waals surface area contributed by atoms with Crippen molar-refractivity contribution < 1.29 is 0 Å². The van der Waals surface area contributed by atoms with Gasteiger partial charge in [0, 0.05) is 42.1 Å². The van der Waals surface area contributed by atoms with Crippen molar-refractivity contribution in [1.82, 2.24) is 5.32 Å². The molecule has 2 aromatic carbocycles. The number of nitrogens with zero attached hydrogens (tertiary/aromatic N) is 2. The number of hydrogen-bond acceptors (Lipinski definition) is 3. The number of allylic oxidation sites excluding steroid dienone is 4. The molecule has 0 bridgehead atoms. The average molecular weight is 406 g/mol. The third kappa shape index (κ3) is 7.11. The Hall–Kier alpha value is -2.51. The topological polar surface area (TPSA) is 36.8 Å². The van der Waals surface area contributed by atoms with Gasteiger partial charge in [0.05, 0.1) is 5.71 Å². The molecule has 0 saturated heterocycles. The summed E-state index contributed by atoms with van der Waals surface area (Å²) in [5.41, 5.74) is 7.98. The second kappa shape index (κ2) is 11.5. The molecule has 0 spiro atoms. The first-order chi connectivity index (χ1) is 13.9. The molecule has 0 aromatic heterocycles. The molecule has 2 aromatic rings. The highest BCUT2D eigenvalue weighted by molar-refractivity contribution is 7.43. The van der Waals surface area contributed by atoms with Gasteiger partial charge < -0.3 is 5.32 Å². The fourth-order valence-corrected chi connectivity index (χ4v) is 3.74. The van der Waals surface area contributed by atoms with E-state index in [9.17, 15) is 0 Å². The van der Waals surface area contributed by atoms with E-state index in [1.165, 1.54) is 22.0 Å². The summed E-state index contributed by atoms with van der Waals surface area (Å²) in [5, 5.41) is 4.71. The molecule has 29 heavy (non-hydrogen) atoms. The molecule has 0 fully saturated rings. The van der Waals surface area contributed by atoms with Gasteiger partial charge in [-0.1, -0.05) is 62.7 Å². The molecule has 152 valence electrons. The summed E-state index contributed by atoms with van der Waals surface area (Å²) < 4.78 is 0. The zero-order valence-corrected chi connectivity index (χ0v) is 19.4. The summed E-state index contributed by atoms with van der Waals surface area (Å²) in [7, 11) is 2.46. The summed E-state index contributed by atoms with van der Waals surface area (Å²) in [6, 6.07) is 17.0. The first-order valence-corrected chi connectivity index (χ1v) is 11.4. The van der Waals surface area contributed by atoms with Crippen LogP contribution in [0.1, 0.15) is 36.1 Å². The maximum absolute atomic E-state index is 5.00. The van der Waals surface area contributed by atoms with E-state index < -0.39 is 0 Å². The molecular weight excluding hydrogens is 373 g/mol. The van der Waals surface area contributed by atoms with Gasteiger partial charge in [0.25, 0.3) is 0 Å². The van der Waals surface area contributed by atoms with Crippen LogP contribution in [-0.2, 0) is 6.54 Å². The second-order valence-corrected chi connectivity index (χ2v) is 8.16. The second-order valence-electron chi connectivity index (χ2n) is 7.12. The Balaban J connectivity index is 2.38. The molecule has 2 rings (SSSR count). The number of aryl methyl sites for hydroxylation is 2. The molecule has 0 aliphatic rings. The standard InChI is InChI=1S/C25H32N3P/c1-18-10-9-12-22(14-18)16-27-20(3)15-24(23-13-8-7-11-19(23)2)28-21(4)25(29-6)17-26-5/h7-15,17,27,29H,16H2,1-6H3/b20-15+,25-21-,26-17?,28-24-. The minimum Gasteiger partial charge on any atom is -0.384 e. The van der Waals surface area contributed by atoms with E-state index in [0.29, 0.717) is 8.58 Å². The lowest BCUT2D eigenvalue weighted by molar-refractivity contribution is 0.812. The van der Waals surface area contributed by atoms with Gasteiger partial charge in [0.1, 0.15) is 0 Å². The van der Waals surface area contributed by atoms with Crippen molar-refractivity contribution in [2.45, 2.75) is 34.2 Å². The fraction of sp³-hybridized carbons (Fsp3) is 0.280. The highest BCUT2D eigenvalue weighted by Gasteiger charge is 2.07. The van der Waals surface area contributed by atoms with Crippen LogP contribution in [-0.4, -0.2) is 25.6 Å². The average Bonchev–Trinajstić information content (AvgIpc) is 2.70. The summed E-state index contributed by atoms with van der Waals surface area (Å²) in [5.74, 6) is 0. The Bertz CT molecular complexity index is 952. The van der Waals surface area contributed by atoms with E-state index in [1.54, 1.807) is 7.05 Å². The molecule has 0 amide bonds. The highest BCUT2D eigenvalue weighted by atomic mass is 31.1. The Morgan fingerprint density at radius 3 is 2.48 bits per heavy atom. The van der Waals surface area contributed by atoms with Gasteiger partial charge in [-0.05, 0) is 51.6 Å². The Morgan fingerprint density at radius 1 is 1.07 bits per heavy atom. The van der Waals surface area contributed by atoms with Crippen molar-refractivity contribution >= 4 is 20.5 Å². The molecule has 1 unspecified atom stereocenters. The first kappa shape index (κ1) is 22.8. The van der Waals surface area contributed by atoms with E-state index in [2.05, 4.69) is 99.3 Å². The number of nitrogens with one attached hydrogen (secondary N) is 1. The van der Waals surface area contributed by atoms with Gasteiger partial charge in [-0.3, -0.25) is 9.98 Å². The molecule has 4 heteroatoms. The van der Waals surface area contributed by atoms with E-state index in [0.717, 1.165) is 29.2 Å². The van der Waals surface area contributed by atoms with Crippen molar-refractivity contribution in [3.8, 4) is 0 Å². The molecule has 1 atom stereocenters. The lowest BCUT2D eigenvalue weighted by atomic mass is 10.0. The molecular formula is C25H32N3P. The minimum atomic E-state index is 0.654. The Morgan fingerprint density at radius 2 is 1.83 bits per heavy atom. The lowest BCUT2D eigenvalue weighted by Crippen LogP contribution is -2.13. The SMILES string of the molecule is CN=C/C(PC)=C(C)/N=C(/C=C(\C)NCc1cccc(C)c1)c1ccccc1C. The van der Waals surface area contributed by atoms with E-state index in [1.807, 2.05) is 6.21 Å². The summed E-state index contributed by atoms with van der Waals surface area (Å²) in [6.45, 7) is 11.4. The Kier molecular flexibility index (Phi) is 9.02. The molecule has 0 aliphatic heterocycles. The van der Waals surface area contributed by atoms with E-state index in [-0.39, 0.29) is 0 Å². The zero-order chi connectivity index (χ0) is 21.2. The van der Waals surface area contributed by atoms with Gasteiger partial charge in [-0.15, -0.1) is 0 Å². The van der Waals surface area contributed by atoms with Crippen LogP contribution in [0, 0.1) is 13.8 Å². The largest absolute Gasteiger partial charge is 0.384 e. The predicted octanol–water partition coefficient (Wildman–Crippen LogP) is 6.03. The molecule has 3 nitrogen and oxygen atoms in total. The number of hydrogen-bond donors (Lipinski definition) is 1. The van der Waals surface area contributed by atoms with Gasteiger partial charge in [0.2, 0.25) is 0 Å². The quantitative estimate of drug-likeness (QED) is 0.423. The van der Waals surface area contributed by atoms with Crippen LogP contribution in [0.2, 0.25) is 0 Å². The van der Waals surface area contributed by atoms with Gasteiger partial charge in [-0.25, -0.2) is 0 Å². The summed E-state index contributed by atoms with van der Waals surface area (Å²) >= 11 is 0. The van der Waals surface area contributed by atoms with Crippen molar-refractivity contribution in [1.29, 1.82) is 0 Å². The van der Waals surface area contributed by atoms with Crippen LogP contribution in [0.15, 0.2) is 81.3 Å². The monoisotopic (exact) mass is 405 g/mol. The third-order valence-corrected chi connectivity index (χ3v) is 5.66. The Labute approximate surface area is 177 Å². The maximum atomic E-state index is 5.00. The van der Waals surface area contributed by atoms with Crippen LogP contribution in [0.25, 0.3) is 0 Å². The van der Waals surface area contributed by atoms with Gasteiger partial charge in [0.15, 0.2) is 0 Å². The highest BCUT2D eigenvalue weighted by Crippen LogP contribution is 2.23. The normalized spacial score (nSPS) is 14.0. The van der Waals surface area contributed by atoms with E-state index >= 15 is 0 Å². The van der Waals surface area contributed by atoms with Crippen LogP contribution in [0.5, 0.6) is 0 Å².